The number of anilines is 1. The van der Waals surface area contributed by atoms with Gasteiger partial charge in [0.1, 0.15) is 17.2 Å². The van der Waals surface area contributed by atoms with Gasteiger partial charge in [-0.15, -0.1) is 0 Å². The Balaban J connectivity index is 2.00. The lowest BCUT2D eigenvalue weighted by Crippen LogP contribution is -2.41. The van der Waals surface area contributed by atoms with Crippen molar-refractivity contribution in [3.63, 3.8) is 0 Å². The van der Waals surface area contributed by atoms with E-state index in [1.54, 1.807) is 6.07 Å². The van der Waals surface area contributed by atoms with Crippen LogP contribution in [0.4, 0.5) is 5.82 Å². The average molecular weight is 353 g/mol. The molecule has 0 bridgehead atoms. The van der Waals surface area contributed by atoms with Gasteiger partial charge in [-0.05, 0) is 25.0 Å². The lowest BCUT2D eigenvalue weighted by Gasteiger charge is -2.34. The molecule has 7 nitrogen and oxygen atoms in total. The number of hydrogen-bond donors (Lipinski definition) is 0. The quantitative estimate of drug-likeness (QED) is 0.460. The molecule has 2 aliphatic heterocycles. The Morgan fingerprint density at radius 2 is 2.25 bits per heavy atom. The molecule has 3 rings (SSSR count). The van der Waals surface area contributed by atoms with Gasteiger partial charge in [-0.25, -0.2) is 4.98 Å². The number of pyridine rings is 1. The van der Waals surface area contributed by atoms with E-state index in [0.29, 0.717) is 49.3 Å². The summed E-state index contributed by atoms with van der Waals surface area (Å²) < 4.78 is 5.91. The molecule has 2 aliphatic rings. The fourth-order valence-electron chi connectivity index (χ4n) is 3.28. The molecule has 0 amide bonds. The summed E-state index contributed by atoms with van der Waals surface area (Å²) in [6.07, 6.45) is 1.83. The molecule has 0 radical (unpaired) electrons. The summed E-state index contributed by atoms with van der Waals surface area (Å²) >= 11 is 6.04. The van der Waals surface area contributed by atoms with Crippen molar-refractivity contribution in [3.8, 4) is 0 Å². The van der Waals surface area contributed by atoms with Crippen LogP contribution in [0.5, 0.6) is 0 Å². The minimum atomic E-state index is -0.281. The molecule has 130 valence electrons. The molecule has 0 spiro atoms. The molecule has 8 heteroatoms. The maximum absolute atomic E-state index is 11.6. The van der Waals surface area contributed by atoms with Gasteiger partial charge in [-0.2, -0.15) is 0 Å². The summed E-state index contributed by atoms with van der Waals surface area (Å²) in [6, 6.07) is 3.61. The zero-order chi connectivity index (χ0) is 17.3. The van der Waals surface area contributed by atoms with Crippen molar-refractivity contribution < 1.29 is 9.66 Å². The van der Waals surface area contributed by atoms with E-state index in [1.807, 2.05) is 22.8 Å². The number of rotatable bonds is 5. The van der Waals surface area contributed by atoms with Crippen LogP contribution in [0, 0.1) is 17.0 Å². The lowest BCUT2D eigenvalue weighted by atomic mass is 10.1. The van der Waals surface area contributed by atoms with Crippen LogP contribution < -0.4 is 4.90 Å². The van der Waals surface area contributed by atoms with E-state index in [2.05, 4.69) is 11.9 Å². The van der Waals surface area contributed by atoms with E-state index in [4.69, 9.17) is 16.3 Å². The Bertz CT molecular complexity index is 679. The first-order valence-electron chi connectivity index (χ1n) is 8.19. The highest BCUT2D eigenvalue weighted by atomic mass is 35.5. The maximum atomic E-state index is 11.6. The summed E-state index contributed by atoms with van der Waals surface area (Å²) in [7, 11) is 0. The van der Waals surface area contributed by atoms with Gasteiger partial charge in [0, 0.05) is 32.5 Å². The number of nitro groups is 1. The SMILES string of the molecule is CCCOC1CCC([N+](=O)[O-])=C2N(c3nc(Cl)ccc3C)CCN21. The molecular weight excluding hydrogens is 332 g/mol. The van der Waals surface area contributed by atoms with Crippen molar-refractivity contribution >= 4 is 17.4 Å². The first-order valence-corrected chi connectivity index (χ1v) is 8.57. The highest BCUT2D eigenvalue weighted by Crippen LogP contribution is 2.37. The van der Waals surface area contributed by atoms with Crippen LogP contribution in [0.1, 0.15) is 31.7 Å². The highest BCUT2D eigenvalue weighted by molar-refractivity contribution is 6.29. The number of ether oxygens (including phenoxy) is 1. The molecule has 24 heavy (non-hydrogen) atoms. The Morgan fingerprint density at radius 3 is 2.96 bits per heavy atom. The number of aryl methyl sites for hydroxylation is 1. The predicted molar refractivity (Wildman–Crippen MR) is 91.3 cm³/mol. The van der Waals surface area contributed by atoms with Gasteiger partial charge >= 0.3 is 0 Å². The lowest BCUT2D eigenvalue weighted by molar-refractivity contribution is -0.432. The first kappa shape index (κ1) is 17.0. The molecule has 0 N–H and O–H groups in total. The van der Waals surface area contributed by atoms with Crippen LogP contribution in [0.25, 0.3) is 0 Å². The third-order valence-corrected chi connectivity index (χ3v) is 4.56. The molecule has 0 saturated carbocycles. The Kier molecular flexibility index (Phi) is 4.91. The number of halogens is 1. The highest BCUT2D eigenvalue weighted by Gasteiger charge is 2.42. The van der Waals surface area contributed by atoms with Crippen molar-refractivity contribution in [1.29, 1.82) is 0 Å². The second kappa shape index (κ2) is 6.94. The summed E-state index contributed by atoms with van der Waals surface area (Å²) in [4.78, 5) is 19.6. The van der Waals surface area contributed by atoms with Crippen molar-refractivity contribution in [3.05, 3.63) is 44.5 Å². The molecule has 0 aromatic carbocycles. The molecule has 1 saturated heterocycles. The topological polar surface area (TPSA) is 71.7 Å². The predicted octanol–water partition coefficient (Wildman–Crippen LogP) is 3.16. The fraction of sp³-hybridized carbons (Fsp3) is 0.562. The number of nitrogens with zero attached hydrogens (tertiary/aromatic N) is 4. The standard InChI is InChI=1S/C16H21ClN4O3/c1-3-10-24-14-7-5-12(21(22)23)16-19(14)8-9-20(16)15-11(2)4-6-13(17)18-15/h4,6,14H,3,5,7-10H2,1-2H3. The number of aromatic nitrogens is 1. The molecule has 1 fully saturated rings. The van der Waals surface area contributed by atoms with Crippen LogP contribution in [0.3, 0.4) is 0 Å². The molecule has 3 heterocycles. The second-order valence-corrected chi connectivity index (χ2v) is 6.40. The summed E-state index contributed by atoms with van der Waals surface area (Å²) in [5, 5.41) is 11.9. The molecule has 1 aromatic rings. The van der Waals surface area contributed by atoms with Crippen LogP contribution >= 0.6 is 11.6 Å². The fourth-order valence-corrected chi connectivity index (χ4v) is 3.42. The third-order valence-electron chi connectivity index (χ3n) is 4.35. The van der Waals surface area contributed by atoms with E-state index in [9.17, 15) is 10.1 Å². The third kappa shape index (κ3) is 3.06. The van der Waals surface area contributed by atoms with Crippen LogP contribution in [0.15, 0.2) is 23.7 Å². The van der Waals surface area contributed by atoms with Crippen LogP contribution in [-0.4, -0.2) is 40.7 Å². The van der Waals surface area contributed by atoms with Crippen molar-refractivity contribution in [2.45, 2.75) is 39.3 Å². The molecule has 0 aliphatic carbocycles. The molecule has 1 unspecified atom stereocenters. The van der Waals surface area contributed by atoms with Gasteiger partial charge in [0.25, 0.3) is 5.70 Å². The van der Waals surface area contributed by atoms with Crippen molar-refractivity contribution in [2.24, 2.45) is 0 Å². The maximum Gasteiger partial charge on any atom is 0.286 e. The van der Waals surface area contributed by atoms with Gasteiger partial charge in [0.2, 0.25) is 0 Å². The largest absolute Gasteiger partial charge is 0.358 e. The number of allylic oxidation sites excluding steroid dienone is 1. The van der Waals surface area contributed by atoms with Crippen LogP contribution in [0.2, 0.25) is 5.15 Å². The minimum absolute atomic E-state index is 0.117. The Morgan fingerprint density at radius 1 is 1.46 bits per heavy atom. The van der Waals surface area contributed by atoms with E-state index < -0.39 is 0 Å². The summed E-state index contributed by atoms with van der Waals surface area (Å²) in [5.41, 5.74) is 1.16. The summed E-state index contributed by atoms with van der Waals surface area (Å²) in [6.45, 7) is 5.94. The summed E-state index contributed by atoms with van der Waals surface area (Å²) in [5.74, 6) is 1.28. The van der Waals surface area contributed by atoms with Crippen LogP contribution in [-0.2, 0) is 4.74 Å². The monoisotopic (exact) mass is 352 g/mol. The smallest absolute Gasteiger partial charge is 0.286 e. The zero-order valence-electron chi connectivity index (χ0n) is 13.9. The van der Waals surface area contributed by atoms with Gasteiger partial charge in [0.05, 0.1) is 4.92 Å². The Hall–Kier alpha value is -1.86. The first-order chi connectivity index (χ1) is 11.5. The number of fused-ring (bicyclic) bond motifs is 1. The normalized spacial score (nSPS) is 20.5. The number of hydrogen-bond acceptors (Lipinski definition) is 6. The second-order valence-electron chi connectivity index (χ2n) is 6.01. The van der Waals surface area contributed by atoms with Gasteiger partial charge < -0.3 is 14.5 Å². The van der Waals surface area contributed by atoms with Crippen molar-refractivity contribution in [1.82, 2.24) is 9.88 Å². The van der Waals surface area contributed by atoms with Crippen molar-refractivity contribution in [2.75, 3.05) is 24.6 Å². The van der Waals surface area contributed by atoms with E-state index >= 15 is 0 Å². The van der Waals surface area contributed by atoms with Gasteiger partial charge in [0.15, 0.2) is 5.82 Å². The van der Waals surface area contributed by atoms with Gasteiger partial charge in [-0.3, -0.25) is 10.1 Å². The molecule has 1 aromatic heterocycles. The molecular formula is C16H21ClN4O3. The molecule has 1 atom stereocenters. The Labute approximate surface area is 146 Å². The minimum Gasteiger partial charge on any atom is -0.358 e. The van der Waals surface area contributed by atoms with E-state index in [1.165, 1.54) is 0 Å². The van der Waals surface area contributed by atoms with Gasteiger partial charge in [-0.1, -0.05) is 24.6 Å². The zero-order valence-corrected chi connectivity index (χ0v) is 14.6. The van der Waals surface area contributed by atoms with E-state index in [0.717, 1.165) is 12.0 Å². The average Bonchev–Trinajstić information content (AvgIpc) is 2.99. The van der Waals surface area contributed by atoms with E-state index in [-0.39, 0.29) is 16.8 Å².